The highest BCUT2D eigenvalue weighted by atomic mass is 28.4. The second-order valence-corrected chi connectivity index (χ2v) is 11.9. The van der Waals surface area contributed by atoms with Crippen molar-refractivity contribution >= 4 is 20.1 Å². The van der Waals surface area contributed by atoms with Crippen molar-refractivity contribution in [3.63, 3.8) is 0 Å². The summed E-state index contributed by atoms with van der Waals surface area (Å²) in [6.45, 7) is 6.72. The number of nitrogens with zero attached hydrogens (tertiary/aromatic N) is 1. The van der Waals surface area contributed by atoms with Gasteiger partial charge >= 0.3 is 6.09 Å². The normalized spacial score (nSPS) is 26.4. The van der Waals surface area contributed by atoms with Gasteiger partial charge in [0.2, 0.25) is 0 Å². The Labute approximate surface area is 161 Å². The first-order valence-corrected chi connectivity index (χ1v) is 12.4. The molecule has 4 atom stereocenters. The molecule has 0 bridgehead atoms. The molecule has 0 aliphatic carbocycles. The Morgan fingerprint density at radius 3 is 2.70 bits per heavy atom. The maximum absolute atomic E-state index is 11.9. The number of carbonyl (C=O) groups excluding carboxylic acids is 1. The number of aliphatic hydroxyl groups excluding tert-OH is 1. The van der Waals surface area contributed by atoms with Crippen LogP contribution in [0, 0.1) is 5.92 Å². The van der Waals surface area contributed by atoms with Gasteiger partial charge in [0.1, 0.15) is 18.5 Å². The fraction of sp³-hybridized carbons (Fsp3) is 0.632. The van der Waals surface area contributed by atoms with E-state index >= 15 is 0 Å². The number of benzene rings is 1. The fourth-order valence-electron chi connectivity index (χ4n) is 4.22. The minimum atomic E-state index is -2.55. The molecule has 2 aliphatic heterocycles. The summed E-state index contributed by atoms with van der Waals surface area (Å²) in [7, 11) is -0.892. The van der Waals surface area contributed by atoms with E-state index in [0.717, 1.165) is 11.3 Å². The van der Waals surface area contributed by atoms with E-state index in [1.54, 1.807) is 12.0 Å². The molecule has 2 N–H and O–H groups in total. The lowest BCUT2D eigenvalue weighted by atomic mass is 9.86. The molecule has 150 valence electrons. The van der Waals surface area contributed by atoms with E-state index < -0.39 is 8.32 Å². The number of aliphatic hydroxyl groups is 1. The zero-order valence-electron chi connectivity index (χ0n) is 16.3. The van der Waals surface area contributed by atoms with Gasteiger partial charge in [-0.05, 0) is 37.7 Å². The first-order valence-electron chi connectivity index (χ1n) is 9.38. The van der Waals surface area contributed by atoms with E-state index in [9.17, 15) is 14.7 Å². The van der Waals surface area contributed by atoms with Crippen molar-refractivity contribution in [3.05, 3.63) is 23.8 Å². The standard InChI is InChI=1S/C19H29NO6Si/c1-12-17(24-2)14-11-13(20-8-10-25-19(20)22)5-6-15(14)26-18(12)16(7-9-21)27(3,4)23/h5-6,11-12,16-18,21,23H,7-10H2,1-4H3/t12-,16?,17-,18-/m0/s1. The first kappa shape index (κ1) is 20.1. The molecule has 0 aromatic heterocycles. The zero-order chi connectivity index (χ0) is 19.8. The molecular formula is C19H29NO6Si. The molecular weight excluding hydrogens is 366 g/mol. The van der Waals surface area contributed by atoms with Crippen molar-refractivity contribution < 1.29 is 28.9 Å². The van der Waals surface area contributed by atoms with Gasteiger partial charge in [0.05, 0.1) is 12.6 Å². The summed E-state index contributed by atoms with van der Waals surface area (Å²) in [4.78, 5) is 24.2. The third-order valence-corrected chi connectivity index (χ3v) is 8.06. The monoisotopic (exact) mass is 395 g/mol. The molecule has 7 nitrogen and oxygen atoms in total. The molecule has 1 aromatic carbocycles. The first-order chi connectivity index (χ1) is 12.8. The smallest absolute Gasteiger partial charge is 0.414 e. The second-order valence-electron chi connectivity index (χ2n) is 7.86. The maximum Gasteiger partial charge on any atom is 0.414 e. The van der Waals surface area contributed by atoms with Gasteiger partial charge in [-0.2, -0.15) is 0 Å². The van der Waals surface area contributed by atoms with Crippen molar-refractivity contribution in [2.75, 3.05) is 31.8 Å². The van der Waals surface area contributed by atoms with Crippen molar-refractivity contribution in [1.29, 1.82) is 0 Å². The van der Waals surface area contributed by atoms with Crippen LogP contribution in [0.3, 0.4) is 0 Å². The predicted molar refractivity (Wildman–Crippen MR) is 104 cm³/mol. The average Bonchev–Trinajstić information content (AvgIpc) is 3.04. The molecule has 2 heterocycles. The summed E-state index contributed by atoms with van der Waals surface area (Å²) in [5.41, 5.74) is 1.53. The van der Waals surface area contributed by atoms with Crippen LogP contribution in [-0.4, -0.2) is 57.3 Å². The van der Waals surface area contributed by atoms with Gasteiger partial charge in [0.25, 0.3) is 0 Å². The van der Waals surface area contributed by atoms with E-state index in [1.807, 2.05) is 38.2 Å². The molecule has 8 heteroatoms. The molecule has 0 saturated carbocycles. The topological polar surface area (TPSA) is 88.5 Å². The summed E-state index contributed by atoms with van der Waals surface area (Å²) < 4.78 is 17.1. The molecule has 1 saturated heterocycles. The second kappa shape index (κ2) is 7.79. The summed E-state index contributed by atoms with van der Waals surface area (Å²) >= 11 is 0. The van der Waals surface area contributed by atoms with Crippen molar-refractivity contribution in [2.24, 2.45) is 5.92 Å². The number of anilines is 1. The Balaban J connectivity index is 1.95. The Hall–Kier alpha value is -1.61. The number of methoxy groups -OCH3 is 1. The third kappa shape index (κ3) is 3.84. The molecule has 1 fully saturated rings. The number of carbonyl (C=O) groups is 1. The lowest BCUT2D eigenvalue weighted by molar-refractivity contribution is -0.0255. The molecule has 0 spiro atoms. The van der Waals surface area contributed by atoms with Crippen LogP contribution >= 0.6 is 0 Å². The number of hydrogen-bond acceptors (Lipinski definition) is 6. The van der Waals surface area contributed by atoms with Gasteiger partial charge in [-0.1, -0.05) is 6.92 Å². The van der Waals surface area contributed by atoms with Crippen LogP contribution in [0.15, 0.2) is 18.2 Å². The SMILES string of the molecule is CO[C@@H]1c2cc(N3CCOC3=O)ccc2O[C@H](C(CCO)[Si](C)(C)O)[C@H]1C. The number of hydrogen-bond donors (Lipinski definition) is 2. The third-order valence-electron chi connectivity index (χ3n) is 5.63. The molecule has 3 rings (SSSR count). The summed E-state index contributed by atoms with van der Waals surface area (Å²) in [5.74, 6) is 0.682. The van der Waals surface area contributed by atoms with Crippen molar-refractivity contribution in [2.45, 2.75) is 44.2 Å². The van der Waals surface area contributed by atoms with E-state index in [0.29, 0.717) is 25.3 Å². The number of fused-ring (bicyclic) bond motifs is 1. The molecule has 1 aromatic rings. The van der Waals surface area contributed by atoms with E-state index in [1.165, 1.54) is 0 Å². The van der Waals surface area contributed by atoms with E-state index in [-0.39, 0.29) is 36.4 Å². The highest BCUT2D eigenvalue weighted by Gasteiger charge is 2.46. The minimum absolute atomic E-state index is 0.00868. The van der Waals surface area contributed by atoms with Crippen LogP contribution in [0.2, 0.25) is 18.6 Å². The molecule has 0 radical (unpaired) electrons. The number of amides is 1. The minimum Gasteiger partial charge on any atom is -0.490 e. The fourth-order valence-corrected chi connectivity index (χ4v) is 6.23. The number of rotatable bonds is 6. The lowest BCUT2D eigenvalue weighted by Crippen LogP contribution is -2.48. The van der Waals surface area contributed by atoms with Crippen molar-refractivity contribution in [3.8, 4) is 5.75 Å². The largest absolute Gasteiger partial charge is 0.490 e. The number of ether oxygens (including phenoxy) is 3. The van der Waals surface area contributed by atoms with Gasteiger partial charge < -0.3 is 24.1 Å². The zero-order valence-corrected chi connectivity index (χ0v) is 17.3. The molecule has 27 heavy (non-hydrogen) atoms. The van der Waals surface area contributed by atoms with Gasteiger partial charge in [-0.3, -0.25) is 4.90 Å². The van der Waals surface area contributed by atoms with Gasteiger partial charge in [-0.25, -0.2) is 4.79 Å². The number of cyclic esters (lactones) is 1. The van der Waals surface area contributed by atoms with Crippen LogP contribution in [0.25, 0.3) is 0 Å². The molecule has 1 amide bonds. The van der Waals surface area contributed by atoms with Crippen LogP contribution in [0.4, 0.5) is 10.5 Å². The Bertz CT molecular complexity index is 691. The van der Waals surface area contributed by atoms with E-state index in [4.69, 9.17) is 14.2 Å². The van der Waals surface area contributed by atoms with Gasteiger partial charge in [0.15, 0.2) is 8.32 Å². The quantitative estimate of drug-likeness (QED) is 0.720. The van der Waals surface area contributed by atoms with Crippen LogP contribution in [-0.2, 0) is 9.47 Å². The average molecular weight is 396 g/mol. The van der Waals surface area contributed by atoms with Crippen LogP contribution in [0.5, 0.6) is 5.75 Å². The summed E-state index contributed by atoms with van der Waals surface area (Å²) in [6, 6.07) is 5.61. The maximum atomic E-state index is 11.9. The Morgan fingerprint density at radius 2 is 2.15 bits per heavy atom. The highest BCUT2D eigenvalue weighted by Crippen LogP contribution is 2.47. The summed E-state index contributed by atoms with van der Waals surface area (Å²) in [5, 5.41) is 9.49. The van der Waals surface area contributed by atoms with Gasteiger partial charge in [0, 0.05) is 36.4 Å². The lowest BCUT2D eigenvalue weighted by Gasteiger charge is -2.43. The van der Waals surface area contributed by atoms with Crippen LogP contribution < -0.4 is 9.64 Å². The molecule has 2 aliphatic rings. The Kier molecular flexibility index (Phi) is 5.81. The summed E-state index contributed by atoms with van der Waals surface area (Å²) in [6.07, 6.45) is -0.324. The Morgan fingerprint density at radius 1 is 1.41 bits per heavy atom. The highest BCUT2D eigenvalue weighted by molar-refractivity contribution is 6.71. The van der Waals surface area contributed by atoms with Crippen molar-refractivity contribution in [1.82, 2.24) is 0 Å². The van der Waals surface area contributed by atoms with E-state index in [2.05, 4.69) is 0 Å². The predicted octanol–water partition coefficient (Wildman–Crippen LogP) is 2.68. The van der Waals surface area contributed by atoms with Crippen LogP contribution in [0.1, 0.15) is 25.0 Å². The molecule has 1 unspecified atom stereocenters. The van der Waals surface area contributed by atoms with Gasteiger partial charge in [-0.15, -0.1) is 0 Å².